The van der Waals surface area contributed by atoms with Gasteiger partial charge in [-0.25, -0.2) is 9.97 Å². The molecule has 2 aromatic heterocycles. The fourth-order valence-corrected chi connectivity index (χ4v) is 5.77. The van der Waals surface area contributed by atoms with E-state index in [1.807, 2.05) is 41.1 Å². The standard InChI is InChI=1S/C30H30ClN5O2/c31-23-8-3-19(4-9-23)16-33-24-10-7-20-5-1-18(13-22(20)14-24)2-6-21-15-26(28(38)27(21)37)36-12-11-25-29(32)34-17-35-30(25)36/h1,3-5,7-14,17,21,26-28,33,37-38H,2,6,15-16H2,(H2,32,34,35)/t21-,26+,27+,28-/m0/s1. The lowest BCUT2D eigenvalue weighted by atomic mass is 9.95. The fourth-order valence-electron chi connectivity index (χ4n) is 5.64. The Balaban J connectivity index is 1.13. The van der Waals surface area contributed by atoms with Crippen LogP contribution >= 0.6 is 11.6 Å². The first-order chi connectivity index (χ1) is 18.5. The van der Waals surface area contributed by atoms with Crippen LogP contribution in [0.4, 0.5) is 11.5 Å². The van der Waals surface area contributed by atoms with Gasteiger partial charge < -0.3 is 25.8 Å². The molecule has 3 aromatic carbocycles. The maximum atomic E-state index is 10.9. The summed E-state index contributed by atoms with van der Waals surface area (Å²) in [6.07, 6.45) is 3.93. The molecular formula is C30H30ClN5O2. The maximum Gasteiger partial charge on any atom is 0.145 e. The molecule has 0 bridgehead atoms. The largest absolute Gasteiger partial charge is 0.390 e. The zero-order chi connectivity index (χ0) is 26.2. The van der Waals surface area contributed by atoms with Crippen LogP contribution in [0.3, 0.4) is 0 Å². The quantitative estimate of drug-likeness (QED) is 0.227. The molecule has 0 radical (unpaired) electrons. The highest BCUT2D eigenvalue weighted by atomic mass is 35.5. The molecule has 0 saturated heterocycles. The van der Waals surface area contributed by atoms with E-state index < -0.39 is 12.2 Å². The first kappa shape index (κ1) is 24.7. The van der Waals surface area contributed by atoms with Gasteiger partial charge in [-0.1, -0.05) is 48.0 Å². The van der Waals surface area contributed by atoms with Crippen molar-refractivity contribution in [1.29, 1.82) is 0 Å². The topological polar surface area (TPSA) is 109 Å². The molecular weight excluding hydrogens is 498 g/mol. The number of aryl methyl sites for hydroxylation is 1. The van der Waals surface area contributed by atoms with E-state index in [0.717, 1.165) is 35.5 Å². The summed E-state index contributed by atoms with van der Waals surface area (Å²) in [7, 11) is 0. The monoisotopic (exact) mass is 527 g/mol. The van der Waals surface area contributed by atoms with Crippen LogP contribution in [0.2, 0.25) is 5.02 Å². The van der Waals surface area contributed by atoms with Crippen molar-refractivity contribution in [2.24, 2.45) is 5.92 Å². The van der Waals surface area contributed by atoms with Crippen molar-refractivity contribution in [2.45, 2.75) is 44.1 Å². The molecule has 2 heterocycles. The summed E-state index contributed by atoms with van der Waals surface area (Å²) in [6, 6.07) is 22.4. The number of nitrogens with one attached hydrogen (secondary N) is 1. The number of hydrogen-bond donors (Lipinski definition) is 4. The number of aliphatic hydroxyl groups is 2. The van der Waals surface area contributed by atoms with Crippen molar-refractivity contribution < 1.29 is 10.2 Å². The van der Waals surface area contributed by atoms with Gasteiger partial charge in [-0.2, -0.15) is 0 Å². The van der Waals surface area contributed by atoms with Gasteiger partial charge in [0.25, 0.3) is 0 Å². The molecule has 0 unspecified atom stereocenters. The number of aromatic nitrogens is 3. The minimum atomic E-state index is -0.863. The number of benzene rings is 3. The van der Waals surface area contributed by atoms with Crippen LogP contribution in [-0.2, 0) is 13.0 Å². The molecule has 1 aliphatic rings. The molecule has 1 fully saturated rings. The third-order valence-electron chi connectivity index (χ3n) is 7.79. The number of halogens is 1. The molecule has 7 nitrogen and oxygen atoms in total. The van der Waals surface area contributed by atoms with Gasteiger partial charge in [-0.15, -0.1) is 0 Å². The summed E-state index contributed by atoms with van der Waals surface area (Å²) in [5, 5.41) is 29.1. The van der Waals surface area contributed by atoms with Gasteiger partial charge in [0.1, 0.15) is 23.9 Å². The van der Waals surface area contributed by atoms with Crippen LogP contribution in [0.1, 0.15) is 30.0 Å². The van der Waals surface area contributed by atoms with Gasteiger partial charge in [0.15, 0.2) is 0 Å². The van der Waals surface area contributed by atoms with Gasteiger partial charge in [0.05, 0.1) is 17.5 Å². The molecule has 0 amide bonds. The first-order valence-corrected chi connectivity index (χ1v) is 13.3. The second-order valence-electron chi connectivity index (χ2n) is 10.2. The SMILES string of the molecule is Nc1ncnc2c1ccn2[C@@H]1C[C@H](CCc2ccc3ccc(NCc4ccc(Cl)cc4)cc3c2)[C@@H](O)[C@H]1O. The van der Waals surface area contributed by atoms with E-state index in [1.165, 1.54) is 28.2 Å². The average molecular weight is 528 g/mol. The summed E-state index contributed by atoms with van der Waals surface area (Å²) >= 11 is 5.99. The van der Waals surface area contributed by atoms with E-state index in [2.05, 4.69) is 51.7 Å². The van der Waals surface area contributed by atoms with Crippen molar-refractivity contribution >= 4 is 44.9 Å². The van der Waals surface area contributed by atoms with E-state index in [-0.39, 0.29) is 12.0 Å². The number of anilines is 2. The highest BCUT2D eigenvalue weighted by molar-refractivity contribution is 6.30. The molecule has 5 aromatic rings. The smallest absolute Gasteiger partial charge is 0.145 e. The zero-order valence-corrected chi connectivity index (χ0v) is 21.6. The van der Waals surface area contributed by atoms with Crippen molar-refractivity contribution in [1.82, 2.24) is 14.5 Å². The number of nitrogen functional groups attached to an aromatic ring is 1. The minimum absolute atomic E-state index is 0.0188. The first-order valence-electron chi connectivity index (χ1n) is 12.9. The van der Waals surface area contributed by atoms with Gasteiger partial charge in [-0.05, 0) is 77.4 Å². The zero-order valence-electron chi connectivity index (χ0n) is 20.8. The van der Waals surface area contributed by atoms with Crippen LogP contribution in [0.15, 0.2) is 79.3 Å². The Bertz CT molecular complexity index is 1590. The molecule has 5 N–H and O–H groups in total. The van der Waals surface area contributed by atoms with Crippen LogP contribution in [0, 0.1) is 5.92 Å². The Morgan fingerprint density at radius 2 is 1.71 bits per heavy atom. The van der Waals surface area contributed by atoms with E-state index in [4.69, 9.17) is 17.3 Å². The minimum Gasteiger partial charge on any atom is -0.390 e. The van der Waals surface area contributed by atoms with Crippen LogP contribution in [-0.4, -0.2) is 37.0 Å². The molecule has 194 valence electrons. The van der Waals surface area contributed by atoms with Gasteiger partial charge in [0.2, 0.25) is 0 Å². The van der Waals surface area contributed by atoms with Crippen LogP contribution in [0.25, 0.3) is 21.8 Å². The van der Waals surface area contributed by atoms with E-state index in [1.54, 1.807) is 0 Å². The summed E-state index contributed by atoms with van der Waals surface area (Å²) in [5.74, 6) is 0.396. The summed E-state index contributed by atoms with van der Waals surface area (Å²) in [4.78, 5) is 8.41. The van der Waals surface area contributed by atoms with Crippen molar-refractivity contribution in [3.05, 3.63) is 95.4 Å². The number of hydrogen-bond acceptors (Lipinski definition) is 6. The van der Waals surface area contributed by atoms with Crippen molar-refractivity contribution in [3.8, 4) is 0 Å². The van der Waals surface area contributed by atoms with Gasteiger partial charge in [0, 0.05) is 23.5 Å². The second kappa shape index (κ2) is 10.3. The number of nitrogens with zero attached hydrogens (tertiary/aromatic N) is 3. The lowest BCUT2D eigenvalue weighted by Crippen LogP contribution is -2.29. The molecule has 1 saturated carbocycles. The molecule has 1 aliphatic carbocycles. The van der Waals surface area contributed by atoms with E-state index in [0.29, 0.717) is 17.9 Å². The normalized spacial score (nSPS) is 21.3. The molecule has 6 rings (SSSR count). The Morgan fingerprint density at radius 1 is 0.921 bits per heavy atom. The number of nitrogens with two attached hydrogens (primary N) is 1. The number of rotatable bonds is 7. The molecule has 0 aliphatic heterocycles. The Hall–Kier alpha value is -3.65. The lowest BCUT2D eigenvalue weighted by molar-refractivity contribution is 0.00545. The molecule has 8 heteroatoms. The van der Waals surface area contributed by atoms with Crippen molar-refractivity contribution in [2.75, 3.05) is 11.1 Å². The van der Waals surface area contributed by atoms with E-state index in [9.17, 15) is 10.2 Å². The van der Waals surface area contributed by atoms with Crippen LogP contribution < -0.4 is 11.1 Å². The number of aliphatic hydroxyl groups excluding tert-OH is 2. The Kier molecular flexibility index (Phi) is 6.66. The predicted molar refractivity (Wildman–Crippen MR) is 152 cm³/mol. The van der Waals surface area contributed by atoms with E-state index >= 15 is 0 Å². The predicted octanol–water partition coefficient (Wildman–Crippen LogP) is 5.35. The third-order valence-corrected chi connectivity index (χ3v) is 8.04. The second-order valence-corrected chi connectivity index (χ2v) is 10.6. The highest BCUT2D eigenvalue weighted by Gasteiger charge is 2.42. The Morgan fingerprint density at radius 3 is 2.55 bits per heavy atom. The molecule has 4 atom stereocenters. The molecule has 0 spiro atoms. The summed E-state index contributed by atoms with van der Waals surface area (Å²) in [5.41, 5.74) is 10.1. The maximum absolute atomic E-state index is 10.9. The van der Waals surface area contributed by atoms with Crippen molar-refractivity contribution in [3.63, 3.8) is 0 Å². The fraction of sp³-hybridized carbons (Fsp3) is 0.267. The summed E-state index contributed by atoms with van der Waals surface area (Å²) in [6.45, 7) is 0.723. The third kappa shape index (κ3) is 4.80. The molecule has 38 heavy (non-hydrogen) atoms. The van der Waals surface area contributed by atoms with Gasteiger partial charge in [-0.3, -0.25) is 0 Å². The lowest BCUT2D eigenvalue weighted by Gasteiger charge is -2.19. The summed E-state index contributed by atoms with van der Waals surface area (Å²) < 4.78 is 1.93. The Labute approximate surface area is 225 Å². The average Bonchev–Trinajstić information content (AvgIpc) is 3.48. The van der Waals surface area contributed by atoms with Gasteiger partial charge >= 0.3 is 0 Å². The number of fused-ring (bicyclic) bond motifs is 2. The van der Waals surface area contributed by atoms with Crippen LogP contribution in [0.5, 0.6) is 0 Å². The highest BCUT2D eigenvalue weighted by Crippen LogP contribution is 2.39.